The van der Waals surface area contributed by atoms with E-state index in [0.29, 0.717) is 38.4 Å². The van der Waals surface area contributed by atoms with E-state index in [4.69, 9.17) is 4.74 Å². The number of carbonyl (C=O) groups excluding carboxylic acids is 2. The quantitative estimate of drug-likeness (QED) is 0.688. The van der Waals surface area contributed by atoms with Crippen molar-refractivity contribution in [2.45, 2.75) is 44.9 Å². The maximum Gasteiger partial charge on any atom is 0.418 e. The summed E-state index contributed by atoms with van der Waals surface area (Å²) in [6, 6.07) is 0. The van der Waals surface area contributed by atoms with E-state index in [1.54, 1.807) is 4.90 Å². The molecule has 2 aromatic heterocycles. The molecule has 0 radical (unpaired) electrons. The van der Waals surface area contributed by atoms with E-state index in [0.717, 1.165) is 24.2 Å². The van der Waals surface area contributed by atoms with Crippen LogP contribution in [-0.4, -0.2) is 49.8 Å². The number of amides is 2. The Morgan fingerprint density at radius 2 is 1.94 bits per heavy atom. The molecule has 3 heterocycles. The summed E-state index contributed by atoms with van der Waals surface area (Å²) >= 11 is 0.873. The van der Waals surface area contributed by atoms with Crippen LogP contribution in [0.4, 0.5) is 23.8 Å². The molecule has 1 saturated heterocycles. The van der Waals surface area contributed by atoms with E-state index < -0.39 is 23.7 Å². The number of hydrogen-bond donors (Lipinski definition) is 2. The molecule has 1 aliphatic heterocycles. The monoisotopic (exact) mass is 470 g/mol. The van der Waals surface area contributed by atoms with Crippen LogP contribution < -0.4 is 15.5 Å². The number of ether oxygens (including phenoxy) is 1. The number of anilines is 1. The highest BCUT2D eigenvalue weighted by Crippen LogP contribution is 2.43. The van der Waals surface area contributed by atoms with E-state index in [1.165, 1.54) is 19.4 Å². The van der Waals surface area contributed by atoms with Gasteiger partial charge in [0.05, 0.1) is 21.3 Å². The van der Waals surface area contributed by atoms with Gasteiger partial charge in [-0.25, -0.2) is 9.78 Å². The van der Waals surface area contributed by atoms with Gasteiger partial charge in [0.15, 0.2) is 0 Å². The van der Waals surface area contributed by atoms with E-state index in [1.807, 2.05) is 0 Å². The SMILES string of the molecule is CNC(=O)c1csc2c(C(F)(F)F)c(C)c(N3CCC(OC(=O)NCC4CC4)CC3)nc12. The minimum Gasteiger partial charge on any atom is -0.446 e. The molecule has 32 heavy (non-hydrogen) atoms. The fraction of sp³-hybridized carbons (Fsp3) is 0.571. The fourth-order valence-corrected chi connectivity index (χ4v) is 5.09. The van der Waals surface area contributed by atoms with E-state index in [9.17, 15) is 22.8 Å². The number of thiophene rings is 1. The van der Waals surface area contributed by atoms with Gasteiger partial charge in [-0.1, -0.05) is 0 Å². The number of fused-ring (bicyclic) bond motifs is 1. The Labute approximate surface area is 187 Å². The average molecular weight is 471 g/mol. The van der Waals surface area contributed by atoms with Crippen molar-refractivity contribution in [3.05, 3.63) is 22.1 Å². The van der Waals surface area contributed by atoms with Crippen LogP contribution >= 0.6 is 11.3 Å². The Hall–Kier alpha value is -2.56. The maximum absolute atomic E-state index is 14.0. The minimum atomic E-state index is -4.58. The standard InChI is InChI=1S/C21H25F3N4O3S/c1-11-15(21(22,23)24)17-16(14(10-32-17)19(29)25-2)27-18(11)28-7-5-13(6-8-28)31-20(30)26-9-12-3-4-12/h10,12-13H,3-9H2,1-2H3,(H,25,29)(H,26,30). The summed E-state index contributed by atoms with van der Waals surface area (Å²) in [4.78, 5) is 30.4. The Bertz CT molecular complexity index is 1030. The molecule has 4 rings (SSSR count). The number of rotatable bonds is 5. The second-order valence-electron chi connectivity index (χ2n) is 8.26. The molecule has 0 atom stereocenters. The third-order valence-electron chi connectivity index (χ3n) is 5.92. The van der Waals surface area contributed by atoms with Crippen LogP contribution in [0, 0.1) is 12.8 Å². The van der Waals surface area contributed by atoms with Crippen LogP contribution in [0.15, 0.2) is 5.38 Å². The number of piperidine rings is 1. The van der Waals surface area contributed by atoms with Gasteiger partial charge in [0.25, 0.3) is 5.91 Å². The molecule has 1 aliphatic carbocycles. The van der Waals surface area contributed by atoms with E-state index >= 15 is 0 Å². The van der Waals surface area contributed by atoms with Gasteiger partial charge in [-0.2, -0.15) is 13.2 Å². The Morgan fingerprint density at radius 3 is 2.53 bits per heavy atom. The number of hydrogen-bond acceptors (Lipinski definition) is 6. The van der Waals surface area contributed by atoms with Gasteiger partial charge in [-0.3, -0.25) is 4.79 Å². The lowest BCUT2D eigenvalue weighted by Crippen LogP contribution is -2.40. The Kier molecular flexibility index (Phi) is 6.19. The van der Waals surface area contributed by atoms with Gasteiger partial charge in [0.2, 0.25) is 0 Å². The minimum absolute atomic E-state index is 0.0388. The molecule has 0 bridgehead atoms. The zero-order valence-electron chi connectivity index (χ0n) is 17.8. The van der Waals surface area contributed by atoms with E-state index in [-0.39, 0.29) is 33.3 Å². The summed E-state index contributed by atoms with van der Waals surface area (Å²) in [6.45, 7) is 2.83. The average Bonchev–Trinajstić information content (AvgIpc) is 3.49. The topological polar surface area (TPSA) is 83.6 Å². The zero-order valence-corrected chi connectivity index (χ0v) is 18.7. The number of pyridine rings is 1. The molecule has 2 aromatic rings. The van der Waals surface area contributed by atoms with Gasteiger partial charge in [-0.05, 0) is 25.7 Å². The van der Waals surface area contributed by atoms with Crippen LogP contribution in [0.3, 0.4) is 0 Å². The smallest absolute Gasteiger partial charge is 0.418 e. The van der Waals surface area contributed by atoms with E-state index in [2.05, 4.69) is 15.6 Å². The highest BCUT2D eigenvalue weighted by molar-refractivity contribution is 7.17. The van der Waals surface area contributed by atoms with Crippen LogP contribution in [0.5, 0.6) is 0 Å². The Balaban J connectivity index is 1.55. The highest BCUT2D eigenvalue weighted by atomic mass is 32.1. The van der Waals surface area contributed by atoms with Crippen molar-refractivity contribution in [3.8, 4) is 0 Å². The zero-order chi connectivity index (χ0) is 23.0. The van der Waals surface area contributed by atoms with Gasteiger partial charge < -0.3 is 20.3 Å². The van der Waals surface area contributed by atoms with Crippen molar-refractivity contribution in [2.24, 2.45) is 5.92 Å². The van der Waals surface area contributed by atoms with Gasteiger partial charge in [0.1, 0.15) is 11.9 Å². The summed E-state index contributed by atoms with van der Waals surface area (Å²) in [5.74, 6) is 0.286. The van der Waals surface area contributed by atoms with Gasteiger partial charge in [0, 0.05) is 50.5 Å². The fourth-order valence-electron chi connectivity index (χ4n) is 3.99. The van der Waals surface area contributed by atoms with Crippen LogP contribution in [0.1, 0.15) is 47.2 Å². The molecule has 0 spiro atoms. The number of alkyl halides is 3. The number of halogens is 3. The molecular weight excluding hydrogens is 445 g/mol. The molecule has 2 aliphatic rings. The summed E-state index contributed by atoms with van der Waals surface area (Å²) in [7, 11) is 1.43. The molecule has 2 N–H and O–H groups in total. The molecule has 174 valence electrons. The first-order chi connectivity index (χ1) is 15.2. The van der Waals surface area contributed by atoms with Crippen LogP contribution in [0.25, 0.3) is 10.2 Å². The molecule has 2 amide bonds. The summed E-state index contributed by atoms with van der Waals surface area (Å²) in [5, 5.41) is 6.63. The second-order valence-corrected chi connectivity index (χ2v) is 9.14. The predicted octanol–water partition coefficient (Wildman–Crippen LogP) is 4.09. The largest absolute Gasteiger partial charge is 0.446 e. The van der Waals surface area contributed by atoms with Crippen LogP contribution in [0.2, 0.25) is 0 Å². The first-order valence-corrected chi connectivity index (χ1v) is 11.5. The third kappa shape index (κ3) is 4.62. The summed E-state index contributed by atoms with van der Waals surface area (Å²) < 4.78 is 47.3. The summed E-state index contributed by atoms with van der Waals surface area (Å²) in [5.41, 5.74) is -0.530. The second kappa shape index (κ2) is 8.76. The van der Waals surface area contributed by atoms with Crippen molar-refractivity contribution in [1.29, 1.82) is 0 Å². The number of nitrogens with one attached hydrogen (secondary N) is 2. The molecule has 7 nitrogen and oxygen atoms in total. The van der Waals surface area contributed by atoms with Crippen molar-refractivity contribution in [2.75, 3.05) is 31.6 Å². The van der Waals surface area contributed by atoms with Crippen molar-refractivity contribution in [3.63, 3.8) is 0 Å². The van der Waals surface area contributed by atoms with Gasteiger partial charge >= 0.3 is 12.3 Å². The molecule has 11 heteroatoms. The van der Waals surface area contributed by atoms with Crippen molar-refractivity contribution in [1.82, 2.24) is 15.6 Å². The number of nitrogens with zero attached hydrogens (tertiary/aromatic N) is 2. The number of aromatic nitrogens is 1. The first-order valence-electron chi connectivity index (χ1n) is 10.6. The van der Waals surface area contributed by atoms with Crippen molar-refractivity contribution < 1.29 is 27.5 Å². The normalized spacial score (nSPS) is 17.5. The lowest BCUT2D eigenvalue weighted by atomic mass is 10.0. The molecule has 0 unspecified atom stereocenters. The number of carbonyl (C=O) groups is 2. The molecule has 0 aromatic carbocycles. The first kappa shape index (κ1) is 22.6. The molecular formula is C21H25F3N4O3S. The van der Waals surface area contributed by atoms with Crippen LogP contribution in [-0.2, 0) is 10.9 Å². The van der Waals surface area contributed by atoms with Crippen molar-refractivity contribution >= 4 is 39.4 Å². The lowest BCUT2D eigenvalue weighted by Gasteiger charge is -2.34. The lowest BCUT2D eigenvalue weighted by molar-refractivity contribution is -0.136. The van der Waals surface area contributed by atoms with Gasteiger partial charge in [-0.15, -0.1) is 11.3 Å². The molecule has 1 saturated carbocycles. The highest BCUT2D eigenvalue weighted by Gasteiger charge is 2.39. The summed E-state index contributed by atoms with van der Waals surface area (Å²) in [6.07, 6.45) is -2.08. The maximum atomic E-state index is 14.0. The third-order valence-corrected chi connectivity index (χ3v) is 6.91. The Morgan fingerprint density at radius 1 is 1.25 bits per heavy atom. The molecule has 2 fully saturated rings. The predicted molar refractivity (Wildman–Crippen MR) is 115 cm³/mol. The number of alkyl carbamates (subject to hydrolysis) is 1.